The first-order chi connectivity index (χ1) is 14.0. The maximum absolute atomic E-state index is 11.6. The molecule has 2 aliphatic carbocycles. The van der Waals surface area contributed by atoms with Crippen LogP contribution in [0.4, 0.5) is 0 Å². The van der Waals surface area contributed by atoms with Crippen LogP contribution in [0, 0.1) is 5.92 Å². The first-order valence-corrected chi connectivity index (χ1v) is 11.1. The second-order valence-electron chi connectivity index (χ2n) is 9.26. The van der Waals surface area contributed by atoms with Gasteiger partial charge in [0.2, 0.25) is 0 Å². The molecule has 3 heteroatoms. The molecule has 1 fully saturated rings. The van der Waals surface area contributed by atoms with Gasteiger partial charge in [-0.15, -0.1) is 0 Å². The van der Waals surface area contributed by atoms with Gasteiger partial charge in [-0.3, -0.25) is 0 Å². The molecule has 2 aliphatic rings. The average Bonchev–Trinajstić information content (AvgIpc) is 2.85. The number of aryl methyl sites for hydroxylation is 1. The third kappa shape index (κ3) is 3.85. The zero-order chi connectivity index (χ0) is 20.5. The number of aliphatic hydroxyl groups is 1. The predicted molar refractivity (Wildman–Crippen MR) is 115 cm³/mol. The van der Waals surface area contributed by atoms with Crippen LogP contribution in [0.3, 0.4) is 0 Å². The van der Waals surface area contributed by atoms with E-state index in [4.69, 9.17) is 0 Å². The van der Waals surface area contributed by atoms with Crippen molar-refractivity contribution in [3.05, 3.63) is 70.8 Å². The molecule has 0 saturated heterocycles. The molecule has 0 amide bonds. The van der Waals surface area contributed by atoms with Gasteiger partial charge in [0.05, 0.1) is 11.2 Å². The van der Waals surface area contributed by atoms with Crippen LogP contribution in [0.1, 0.15) is 78.9 Å². The SMILES string of the molecule is CCC[C@]1(O)CC[C@]2(Cc3ccccc3)c3ccc(C(=O)O)cc3CCC[C@@H]2C1. The third-order valence-corrected chi connectivity index (χ3v) is 7.41. The number of carbonyl (C=O) groups is 1. The van der Waals surface area contributed by atoms with Crippen molar-refractivity contribution in [3.63, 3.8) is 0 Å². The summed E-state index contributed by atoms with van der Waals surface area (Å²) in [5.74, 6) is -0.434. The van der Waals surface area contributed by atoms with E-state index >= 15 is 0 Å². The molecule has 3 atom stereocenters. The lowest BCUT2D eigenvalue weighted by atomic mass is 9.55. The van der Waals surface area contributed by atoms with E-state index in [1.165, 1.54) is 16.7 Å². The first kappa shape index (κ1) is 20.2. The molecule has 2 aromatic rings. The lowest BCUT2D eigenvalue weighted by Gasteiger charge is -2.50. The topological polar surface area (TPSA) is 57.5 Å². The molecule has 154 valence electrons. The van der Waals surface area contributed by atoms with Crippen LogP contribution in [-0.4, -0.2) is 21.8 Å². The van der Waals surface area contributed by atoms with Crippen LogP contribution < -0.4 is 0 Å². The van der Waals surface area contributed by atoms with Crippen molar-refractivity contribution >= 4 is 5.97 Å². The van der Waals surface area contributed by atoms with Gasteiger partial charge in [-0.25, -0.2) is 4.79 Å². The van der Waals surface area contributed by atoms with Crippen LogP contribution in [-0.2, 0) is 18.3 Å². The minimum atomic E-state index is -0.855. The zero-order valence-corrected chi connectivity index (χ0v) is 17.4. The summed E-state index contributed by atoms with van der Waals surface area (Å²) in [5, 5.41) is 20.8. The molecule has 3 nitrogen and oxygen atoms in total. The molecule has 0 spiro atoms. The smallest absolute Gasteiger partial charge is 0.335 e. The summed E-state index contributed by atoms with van der Waals surface area (Å²) >= 11 is 0. The van der Waals surface area contributed by atoms with Gasteiger partial charge in [0.15, 0.2) is 0 Å². The molecule has 0 aliphatic heterocycles. The quantitative estimate of drug-likeness (QED) is 0.703. The molecular formula is C26H32O3. The summed E-state index contributed by atoms with van der Waals surface area (Å²) < 4.78 is 0. The minimum absolute atomic E-state index is 0.0236. The number of hydrogen-bond donors (Lipinski definition) is 2. The van der Waals surface area contributed by atoms with Crippen LogP contribution in [0.15, 0.2) is 48.5 Å². The minimum Gasteiger partial charge on any atom is -0.478 e. The zero-order valence-electron chi connectivity index (χ0n) is 17.4. The summed E-state index contributed by atoms with van der Waals surface area (Å²) in [4.78, 5) is 11.6. The van der Waals surface area contributed by atoms with Gasteiger partial charge < -0.3 is 10.2 Å². The number of benzene rings is 2. The van der Waals surface area contributed by atoms with Gasteiger partial charge in [0.1, 0.15) is 0 Å². The van der Waals surface area contributed by atoms with E-state index in [9.17, 15) is 15.0 Å². The fourth-order valence-electron chi connectivity index (χ4n) is 6.09. The Labute approximate surface area is 173 Å². The largest absolute Gasteiger partial charge is 0.478 e. The Morgan fingerprint density at radius 2 is 1.93 bits per heavy atom. The molecule has 0 unspecified atom stereocenters. The first-order valence-electron chi connectivity index (χ1n) is 11.1. The van der Waals surface area contributed by atoms with E-state index < -0.39 is 11.6 Å². The van der Waals surface area contributed by atoms with E-state index in [1.54, 1.807) is 6.07 Å². The maximum Gasteiger partial charge on any atom is 0.335 e. The maximum atomic E-state index is 11.6. The van der Waals surface area contributed by atoms with E-state index in [1.807, 2.05) is 6.07 Å². The molecule has 2 aromatic carbocycles. The van der Waals surface area contributed by atoms with Crippen molar-refractivity contribution in [1.82, 2.24) is 0 Å². The van der Waals surface area contributed by atoms with Gasteiger partial charge >= 0.3 is 5.97 Å². The molecule has 0 heterocycles. The Hall–Kier alpha value is -2.13. The summed E-state index contributed by atoms with van der Waals surface area (Å²) in [5.41, 5.74) is 3.66. The molecule has 0 radical (unpaired) electrons. The lowest BCUT2D eigenvalue weighted by molar-refractivity contribution is -0.0534. The van der Waals surface area contributed by atoms with E-state index in [0.29, 0.717) is 11.5 Å². The fraction of sp³-hybridized carbons (Fsp3) is 0.500. The molecule has 0 aromatic heterocycles. The van der Waals surface area contributed by atoms with Crippen LogP contribution >= 0.6 is 0 Å². The number of carboxylic acids is 1. The number of hydrogen-bond acceptors (Lipinski definition) is 2. The normalized spacial score (nSPS) is 28.8. The van der Waals surface area contributed by atoms with Gasteiger partial charge in [-0.05, 0) is 86.1 Å². The lowest BCUT2D eigenvalue weighted by Crippen LogP contribution is -2.49. The van der Waals surface area contributed by atoms with E-state index in [0.717, 1.165) is 57.8 Å². The highest BCUT2D eigenvalue weighted by molar-refractivity contribution is 5.88. The monoisotopic (exact) mass is 392 g/mol. The van der Waals surface area contributed by atoms with Crippen molar-refractivity contribution < 1.29 is 15.0 Å². The Morgan fingerprint density at radius 3 is 2.66 bits per heavy atom. The van der Waals surface area contributed by atoms with Crippen molar-refractivity contribution in [2.45, 2.75) is 75.7 Å². The second-order valence-corrected chi connectivity index (χ2v) is 9.26. The Morgan fingerprint density at radius 1 is 1.14 bits per heavy atom. The summed E-state index contributed by atoms with van der Waals surface area (Å²) in [7, 11) is 0. The number of fused-ring (bicyclic) bond motifs is 3. The summed E-state index contributed by atoms with van der Waals surface area (Å²) in [6.45, 7) is 2.15. The molecule has 4 rings (SSSR count). The van der Waals surface area contributed by atoms with Gasteiger partial charge in [0, 0.05) is 5.41 Å². The Bertz CT molecular complexity index is 875. The number of aromatic carboxylic acids is 1. The van der Waals surface area contributed by atoms with Crippen LogP contribution in [0.5, 0.6) is 0 Å². The van der Waals surface area contributed by atoms with Gasteiger partial charge in [-0.2, -0.15) is 0 Å². The number of rotatable bonds is 5. The van der Waals surface area contributed by atoms with Crippen molar-refractivity contribution in [2.75, 3.05) is 0 Å². The van der Waals surface area contributed by atoms with Crippen LogP contribution in [0.25, 0.3) is 0 Å². The molecule has 2 N–H and O–H groups in total. The fourth-order valence-corrected chi connectivity index (χ4v) is 6.09. The highest BCUT2D eigenvalue weighted by Crippen LogP contribution is 2.54. The van der Waals surface area contributed by atoms with E-state index in [2.05, 4.69) is 43.3 Å². The third-order valence-electron chi connectivity index (χ3n) is 7.41. The van der Waals surface area contributed by atoms with Crippen molar-refractivity contribution in [2.24, 2.45) is 5.92 Å². The van der Waals surface area contributed by atoms with Crippen molar-refractivity contribution in [1.29, 1.82) is 0 Å². The highest BCUT2D eigenvalue weighted by atomic mass is 16.4. The molecular weight excluding hydrogens is 360 g/mol. The van der Waals surface area contributed by atoms with Crippen molar-refractivity contribution in [3.8, 4) is 0 Å². The van der Waals surface area contributed by atoms with Gasteiger partial charge in [-0.1, -0.05) is 49.7 Å². The van der Waals surface area contributed by atoms with Gasteiger partial charge in [0.25, 0.3) is 0 Å². The molecule has 1 saturated carbocycles. The standard InChI is InChI=1S/C26H32O3/c1-2-13-25(29)14-15-26(17-19-7-4-3-5-8-19)22(18-25)10-6-9-20-16-21(24(27)28)11-12-23(20)26/h3-5,7-8,11-12,16,22,29H,2,6,9-10,13-15,17-18H2,1H3,(H,27,28)/t22-,25+,26-/m1/s1. The Balaban J connectivity index is 1.81. The Kier molecular flexibility index (Phi) is 5.52. The summed E-state index contributed by atoms with van der Waals surface area (Å²) in [6, 6.07) is 16.4. The highest BCUT2D eigenvalue weighted by Gasteiger charge is 2.50. The predicted octanol–water partition coefficient (Wildman–Crippen LogP) is 5.53. The molecule has 0 bridgehead atoms. The summed E-state index contributed by atoms with van der Waals surface area (Å²) in [6.07, 6.45) is 8.55. The van der Waals surface area contributed by atoms with E-state index in [-0.39, 0.29) is 5.41 Å². The second kappa shape index (κ2) is 7.95. The molecule has 29 heavy (non-hydrogen) atoms. The average molecular weight is 393 g/mol. The number of carboxylic acid groups (broad SMARTS) is 1. The van der Waals surface area contributed by atoms with Crippen LogP contribution in [0.2, 0.25) is 0 Å².